The molecule has 2 rings (SSSR count). The minimum atomic E-state index is 0.462. The predicted molar refractivity (Wildman–Crippen MR) is 46.5 cm³/mol. The first-order valence-electron chi connectivity index (χ1n) is 3.80. The summed E-state index contributed by atoms with van der Waals surface area (Å²) in [7, 11) is 0. The summed E-state index contributed by atoms with van der Waals surface area (Å²) in [5, 5.41) is 6.09. The monoisotopic (exact) mass is 169 g/mol. The maximum Gasteiger partial charge on any atom is 0.180 e. The van der Waals surface area contributed by atoms with Gasteiger partial charge >= 0.3 is 0 Å². The van der Waals surface area contributed by atoms with E-state index in [0.29, 0.717) is 11.2 Å². The van der Waals surface area contributed by atoms with Crippen LogP contribution in [0.3, 0.4) is 0 Å². The third kappa shape index (κ3) is 1.36. The minimum absolute atomic E-state index is 0.462. The van der Waals surface area contributed by atoms with Gasteiger partial charge in [-0.3, -0.25) is 0 Å². The highest BCUT2D eigenvalue weighted by Crippen LogP contribution is 2.24. The molecule has 4 heteroatoms. The number of thiazole rings is 1. The first-order chi connectivity index (χ1) is 5.36. The van der Waals surface area contributed by atoms with Crippen molar-refractivity contribution in [2.45, 2.75) is 18.9 Å². The molecule has 1 aromatic rings. The minimum Gasteiger partial charge on any atom is -0.375 e. The summed E-state index contributed by atoms with van der Waals surface area (Å²) < 4.78 is 0. The zero-order chi connectivity index (χ0) is 7.68. The van der Waals surface area contributed by atoms with Crippen LogP contribution in [0.4, 0.5) is 5.13 Å². The SMILES string of the molecule is Nc1nc(C2CCCN2)cs1. The topological polar surface area (TPSA) is 50.9 Å². The highest BCUT2D eigenvalue weighted by molar-refractivity contribution is 7.13. The van der Waals surface area contributed by atoms with E-state index in [1.807, 2.05) is 5.38 Å². The number of nitrogens with two attached hydrogens (primary N) is 1. The summed E-state index contributed by atoms with van der Waals surface area (Å²) in [6.07, 6.45) is 2.45. The molecule has 1 aliphatic heterocycles. The van der Waals surface area contributed by atoms with Gasteiger partial charge in [0.15, 0.2) is 5.13 Å². The average Bonchev–Trinajstić information content (AvgIpc) is 2.55. The Morgan fingerprint density at radius 3 is 3.18 bits per heavy atom. The summed E-state index contributed by atoms with van der Waals surface area (Å²) in [5.41, 5.74) is 6.64. The second-order valence-electron chi connectivity index (χ2n) is 2.76. The summed E-state index contributed by atoms with van der Waals surface area (Å²) in [4.78, 5) is 4.23. The van der Waals surface area contributed by atoms with Gasteiger partial charge in [0.1, 0.15) is 0 Å². The van der Waals surface area contributed by atoms with Gasteiger partial charge in [-0.05, 0) is 19.4 Å². The van der Waals surface area contributed by atoms with Crippen LogP contribution in [0.1, 0.15) is 24.6 Å². The van der Waals surface area contributed by atoms with Crippen molar-refractivity contribution < 1.29 is 0 Å². The van der Waals surface area contributed by atoms with E-state index in [1.165, 1.54) is 24.2 Å². The maximum absolute atomic E-state index is 5.53. The van der Waals surface area contributed by atoms with Crippen LogP contribution >= 0.6 is 11.3 Å². The van der Waals surface area contributed by atoms with E-state index >= 15 is 0 Å². The molecule has 1 atom stereocenters. The molecule has 3 N–H and O–H groups in total. The van der Waals surface area contributed by atoms with E-state index < -0.39 is 0 Å². The Morgan fingerprint density at radius 2 is 2.64 bits per heavy atom. The van der Waals surface area contributed by atoms with Crippen LogP contribution in [0, 0.1) is 0 Å². The van der Waals surface area contributed by atoms with E-state index in [4.69, 9.17) is 5.73 Å². The van der Waals surface area contributed by atoms with E-state index in [0.717, 1.165) is 12.2 Å². The fourth-order valence-corrected chi connectivity index (χ4v) is 2.01. The largest absolute Gasteiger partial charge is 0.375 e. The molecule has 0 amide bonds. The van der Waals surface area contributed by atoms with Gasteiger partial charge in [-0.15, -0.1) is 11.3 Å². The molecule has 2 heterocycles. The molecular formula is C7H11N3S. The van der Waals surface area contributed by atoms with Crippen LogP contribution in [0.2, 0.25) is 0 Å². The summed E-state index contributed by atoms with van der Waals surface area (Å²) in [5.74, 6) is 0. The van der Waals surface area contributed by atoms with Crippen LogP contribution in [-0.4, -0.2) is 11.5 Å². The molecule has 0 radical (unpaired) electrons. The molecule has 11 heavy (non-hydrogen) atoms. The van der Waals surface area contributed by atoms with Gasteiger partial charge in [-0.1, -0.05) is 0 Å². The number of nitrogens with one attached hydrogen (secondary N) is 1. The molecule has 0 aliphatic carbocycles. The lowest BCUT2D eigenvalue weighted by Gasteiger charge is -2.04. The van der Waals surface area contributed by atoms with Crippen molar-refractivity contribution in [3.8, 4) is 0 Å². The first-order valence-corrected chi connectivity index (χ1v) is 4.68. The summed E-state index contributed by atoms with van der Waals surface area (Å²) in [6.45, 7) is 1.11. The lowest BCUT2D eigenvalue weighted by Crippen LogP contribution is -2.13. The number of rotatable bonds is 1. The Morgan fingerprint density at radius 1 is 1.73 bits per heavy atom. The quantitative estimate of drug-likeness (QED) is 0.663. The molecule has 1 fully saturated rings. The Hall–Kier alpha value is -0.610. The molecular weight excluding hydrogens is 158 g/mol. The molecule has 0 saturated carbocycles. The van der Waals surface area contributed by atoms with Crippen LogP contribution in [0.25, 0.3) is 0 Å². The van der Waals surface area contributed by atoms with Crippen LogP contribution in [0.15, 0.2) is 5.38 Å². The number of hydrogen-bond donors (Lipinski definition) is 2. The molecule has 1 saturated heterocycles. The zero-order valence-electron chi connectivity index (χ0n) is 6.21. The normalized spacial score (nSPS) is 24.2. The molecule has 1 aromatic heterocycles. The molecule has 1 unspecified atom stereocenters. The Labute approximate surface area is 69.6 Å². The Balaban J connectivity index is 2.15. The van der Waals surface area contributed by atoms with Crippen molar-refractivity contribution in [1.82, 2.24) is 10.3 Å². The zero-order valence-corrected chi connectivity index (χ0v) is 7.03. The van der Waals surface area contributed by atoms with Crippen molar-refractivity contribution in [2.75, 3.05) is 12.3 Å². The van der Waals surface area contributed by atoms with Crippen molar-refractivity contribution in [3.63, 3.8) is 0 Å². The van der Waals surface area contributed by atoms with Crippen molar-refractivity contribution >= 4 is 16.5 Å². The van der Waals surface area contributed by atoms with Crippen LogP contribution < -0.4 is 11.1 Å². The average molecular weight is 169 g/mol. The van der Waals surface area contributed by atoms with E-state index in [-0.39, 0.29) is 0 Å². The van der Waals surface area contributed by atoms with Gasteiger partial charge in [-0.2, -0.15) is 0 Å². The van der Waals surface area contributed by atoms with Crippen LogP contribution in [-0.2, 0) is 0 Å². The molecule has 0 bridgehead atoms. The van der Waals surface area contributed by atoms with E-state index in [9.17, 15) is 0 Å². The van der Waals surface area contributed by atoms with Gasteiger partial charge in [0, 0.05) is 5.38 Å². The highest BCUT2D eigenvalue weighted by Gasteiger charge is 2.17. The van der Waals surface area contributed by atoms with E-state index in [2.05, 4.69) is 10.3 Å². The second-order valence-corrected chi connectivity index (χ2v) is 3.65. The third-order valence-electron chi connectivity index (χ3n) is 1.96. The first kappa shape index (κ1) is 7.06. The highest BCUT2D eigenvalue weighted by atomic mass is 32.1. The summed E-state index contributed by atoms with van der Waals surface area (Å²) in [6, 6.07) is 0.462. The number of hydrogen-bond acceptors (Lipinski definition) is 4. The van der Waals surface area contributed by atoms with Crippen molar-refractivity contribution in [2.24, 2.45) is 0 Å². The lowest BCUT2D eigenvalue weighted by molar-refractivity contribution is 0.632. The molecule has 3 nitrogen and oxygen atoms in total. The maximum atomic E-state index is 5.53. The van der Waals surface area contributed by atoms with Crippen molar-refractivity contribution in [3.05, 3.63) is 11.1 Å². The third-order valence-corrected chi connectivity index (χ3v) is 2.65. The molecule has 60 valence electrons. The fourth-order valence-electron chi connectivity index (χ4n) is 1.40. The van der Waals surface area contributed by atoms with Gasteiger partial charge in [0.05, 0.1) is 11.7 Å². The van der Waals surface area contributed by atoms with E-state index in [1.54, 1.807) is 0 Å². The van der Waals surface area contributed by atoms with Gasteiger partial charge < -0.3 is 11.1 Å². The smallest absolute Gasteiger partial charge is 0.180 e. The number of aromatic nitrogens is 1. The summed E-state index contributed by atoms with van der Waals surface area (Å²) >= 11 is 1.52. The van der Waals surface area contributed by atoms with Crippen LogP contribution in [0.5, 0.6) is 0 Å². The Bertz CT molecular complexity index is 240. The van der Waals surface area contributed by atoms with Gasteiger partial charge in [-0.25, -0.2) is 4.98 Å². The standard InChI is InChI=1S/C7H11N3S/c8-7-10-6(4-11-7)5-2-1-3-9-5/h4-5,9H,1-3H2,(H2,8,10). The number of anilines is 1. The van der Waals surface area contributed by atoms with Crippen molar-refractivity contribution in [1.29, 1.82) is 0 Å². The molecule has 0 spiro atoms. The predicted octanol–water partition coefficient (Wildman–Crippen LogP) is 1.15. The fraction of sp³-hybridized carbons (Fsp3) is 0.571. The second kappa shape index (κ2) is 2.79. The van der Waals surface area contributed by atoms with Gasteiger partial charge in [0.25, 0.3) is 0 Å². The van der Waals surface area contributed by atoms with Gasteiger partial charge in [0.2, 0.25) is 0 Å². The Kier molecular flexibility index (Phi) is 1.79. The number of nitrogens with zero attached hydrogens (tertiary/aromatic N) is 1. The molecule has 1 aliphatic rings. The molecule has 0 aromatic carbocycles. The lowest BCUT2D eigenvalue weighted by atomic mass is 10.2. The number of nitrogen functional groups attached to an aromatic ring is 1.